The lowest BCUT2D eigenvalue weighted by atomic mass is 10.3. The fourth-order valence-corrected chi connectivity index (χ4v) is 1.78. The molecule has 1 rings (SSSR count). The molecular formula is C16H26N2O4. The molecule has 0 spiro atoms. The smallest absolute Gasteiger partial charge is 0.229 e. The lowest BCUT2D eigenvalue weighted by Gasteiger charge is -2.13. The Morgan fingerprint density at radius 3 is 2.32 bits per heavy atom. The normalized spacial score (nSPS) is 11.0. The number of carbonyl (C=O) groups excluding carboxylic acids is 1. The van der Waals surface area contributed by atoms with E-state index in [1.165, 1.54) is 14.2 Å². The summed E-state index contributed by atoms with van der Waals surface area (Å²) in [5, 5.41) is 6.06. The number of methoxy groups -OCH3 is 2. The second-order valence-corrected chi connectivity index (χ2v) is 5.13. The van der Waals surface area contributed by atoms with Gasteiger partial charge in [0, 0.05) is 32.5 Å². The summed E-state index contributed by atoms with van der Waals surface area (Å²) in [5.74, 6) is 0.610. The van der Waals surface area contributed by atoms with Crippen molar-refractivity contribution in [1.29, 1.82) is 0 Å². The molecule has 0 unspecified atom stereocenters. The Kier molecular flexibility index (Phi) is 8.50. The van der Waals surface area contributed by atoms with Crippen molar-refractivity contribution < 1.29 is 19.0 Å². The van der Waals surface area contributed by atoms with E-state index < -0.39 is 6.29 Å². The number of rotatable bonds is 10. The quantitative estimate of drug-likeness (QED) is 0.511. The first kappa shape index (κ1) is 18.4. The third kappa shape index (κ3) is 7.40. The Labute approximate surface area is 132 Å². The average Bonchev–Trinajstić information content (AvgIpc) is 2.50. The standard InChI is InChI=1S/C16H26N2O4/c1-12(2)17-9-10-22-14-7-5-13(6-8-14)18-15(19)11-16(20-3)21-4/h5-8,12,16-17H,9-11H2,1-4H3,(H,18,19). The predicted molar refractivity (Wildman–Crippen MR) is 86.1 cm³/mol. The van der Waals surface area contributed by atoms with E-state index >= 15 is 0 Å². The summed E-state index contributed by atoms with van der Waals surface area (Å²) in [7, 11) is 3.00. The number of ether oxygens (including phenoxy) is 3. The minimum atomic E-state index is -0.531. The summed E-state index contributed by atoms with van der Waals surface area (Å²) in [5.41, 5.74) is 0.712. The molecule has 22 heavy (non-hydrogen) atoms. The van der Waals surface area contributed by atoms with Crippen LogP contribution in [-0.2, 0) is 14.3 Å². The first-order valence-electron chi connectivity index (χ1n) is 7.36. The topological polar surface area (TPSA) is 68.8 Å². The van der Waals surface area contributed by atoms with Crippen LogP contribution in [0.3, 0.4) is 0 Å². The molecule has 0 saturated carbocycles. The molecule has 6 heteroatoms. The summed E-state index contributed by atoms with van der Waals surface area (Å²) >= 11 is 0. The monoisotopic (exact) mass is 310 g/mol. The van der Waals surface area contributed by atoms with Crippen molar-refractivity contribution in [3.63, 3.8) is 0 Å². The van der Waals surface area contributed by atoms with Crippen LogP contribution >= 0.6 is 0 Å². The van der Waals surface area contributed by atoms with Crippen molar-refractivity contribution in [1.82, 2.24) is 5.32 Å². The molecule has 0 radical (unpaired) electrons. The second-order valence-electron chi connectivity index (χ2n) is 5.13. The van der Waals surface area contributed by atoms with Gasteiger partial charge in [-0.15, -0.1) is 0 Å². The molecule has 0 bridgehead atoms. The predicted octanol–water partition coefficient (Wildman–Crippen LogP) is 2.01. The SMILES string of the molecule is COC(CC(=O)Nc1ccc(OCCNC(C)C)cc1)OC. The number of benzene rings is 1. The highest BCUT2D eigenvalue weighted by Gasteiger charge is 2.12. The zero-order valence-corrected chi connectivity index (χ0v) is 13.7. The molecule has 0 aliphatic heterocycles. The summed E-state index contributed by atoms with van der Waals surface area (Å²) in [6, 6.07) is 7.71. The van der Waals surface area contributed by atoms with Gasteiger partial charge in [0.05, 0.1) is 6.42 Å². The van der Waals surface area contributed by atoms with E-state index in [0.717, 1.165) is 12.3 Å². The fraction of sp³-hybridized carbons (Fsp3) is 0.562. The van der Waals surface area contributed by atoms with Crippen LogP contribution < -0.4 is 15.4 Å². The molecule has 1 aromatic carbocycles. The van der Waals surface area contributed by atoms with Crippen LogP contribution in [0.25, 0.3) is 0 Å². The molecule has 0 heterocycles. The molecule has 0 aromatic heterocycles. The van der Waals surface area contributed by atoms with Crippen molar-refractivity contribution in [3.8, 4) is 5.75 Å². The minimum absolute atomic E-state index is 0.145. The zero-order chi connectivity index (χ0) is 16.4. The number of carbonyl (C=O) groups is 1. The summed E-state index contributed by atoms with van der Waals surface area (Å²) in [6.45, 7) is 5.59. The second kappa shape index (κ2) is 10.2. The maximum Gasteiger partial charge on any atom is 0.229 e. The number of amides is 1. The third-order valence-electron chi connectivity index (χ3n) is 2.94. The fourth-order valence-electron chi connectivity index (χ4n) is 1.78. The van der Waals surface area contributed by atoms with Crippen LogP contribution in [0.4, 0.5) is 5.69 Å². The third-order valence-corrected chi connectivity index (χ3v) is 2.94. The molecule has 0 saturated heterocycles. The van der Waals surface area contributed by atoms with Gasteiger partial charge in [0.15, 0.2) is 6.29 Å². The summed E-state index contributed by atoms with van der Waals surface area (Å²) in [6.07, 6.45) is -0.386. The number of hydrogen-bond acceptors (Lipinski definition) is 5. The van der Waals surface area contributed by atoms with Gasteiger partial charge in [0.25, 0.3) is 0 Å². The largest absolute Gasteiger partial charge is 0.492 e. The Bertz CT molecular complexity index is 430. The Hall–Kier alpha value is -1.63. The van der Waals surface area contributed by atoms with Crippen molar-refractivity contribution >= 4 is 11.6 Å². The van der Waals surface area contributed by atoms with Crippen molar-refractivity contribution in [3.05, 3.63) is 24.3 Å². The van der Waals surface area contributed by atoms with E-state index in [1.54, 1.807) is 12.1 Å². The molecule has 2 N–H and O–H groups in total. The van der Waals surface area contributed by atoms with Crippen LogP contribution in [0, 0.1) is 0 Å². The van der Waals surface area contributed by atoms with Gasteiger partial charge >= 0.3 is 0 Å². The maximum atomic E-state index is 11.8. The Morgan fingerprint density at radius 1 is 1.14 bits per heavy atom. The van der Waals surface area contributed by atoms with Gasteiger partial charge in [-0.05, 0) is 24.3 Å². The molecule has 1 amide bonds. The van der Waals surface area contributed by atoms with Gasteiger partial charge in [0.1, 0.15) is 12.4 Å². The van der Waals surface area contributed by atoms with Crippen LogP contribution in [0.5, 0.6) is 5.75 Å². The summed E-state index contributed by atoms with van der Waals surface area (Å²) in [4.78, 5) is 11.8. The van der Waals surface area contributed by atoms with Crippen molar-refractivity contribution in [2.45, 2.75) is 32.6 Å². The lowest BCUT2D eigenvalue weighted by Crippen LogP contribution is -2.27. The minimum Gasteiger partial charge on any atom is -0.492 e. The number of hydrogen-bond donors (Lipinski definition) is 2. The first-order valence-corrected chi connectivity index (χ1v) is 7.36. The molecule has 6 nitrogen and oxygen atoms in total. The summed E-state index contributed by atoms with van der Waals surface area (Å²) < 4.78 is 15.6. The van der Waals surface area contributed by atoms with E-state index in [9.17, 15) is 4.79 Å². The molecule has 0 aliphatic rings. The highest BCUT2D eigenvalue weighted by Crippen LogP contribution is 2.16. The van der Waals surface area contributed by atoms with E-state index in [0.29, 0.717) is 18.3 Å². The zero-order valence-electron chi connectivity index (χ0n) is 13.7. The highest BCUT2D eigenvalue weighted by atomic mass is 16.7. The molecular weight excluding hydrogens is 284 g/mol. The van der Waals surface area contributed by atoms with Crippen LogP contribution in [0.2, 0.25) is 0 Å². The number of anilines is 1. The maximum absolute atomic E-state index is 11.8. The van der Waals surface area contributed by atoms with Crippen LogP contribution in [0.15, 0.2) is 24.3 Å². The first-order chi connectivity index (χ1) is 10.5. The molecule has 124 valence electrons. The average molecular weight is 310 g/mol. The van der Waals surface area contributed by atoms with E-state index in [-0.39, 0.29) is 12.3 Å². The molecule has 1 aromatic rings. The van der Waals surface area contributed by atoms with E-state index in [1.807, 2.05) is 12.1 Å². The van der Waals surface area contributed by atoms with Crippen molar-refractivity contribution in [2.24, 2.45) is 0 Å². The van der Waals surface area contributed by atoms with Gasteiger partial charge in [0.2, 0.25) is 5.91 Å². The molecule has 0 fully saturated rings. The van der Waals surface area contributed by atoms with Gasteiger partial charge in [-0.3, -0.25) is 4.79 Å². The van der Waals surface area contributed by atoms with Gasteiger partial charge in [-0.2, -0.15) is 0 Å². The van der Waals surface area contributed by atoms with Gasteiger partial charge < -0.3 is 24.8 Å². The van der Waals surface area contributed by atoms with Gasteiger partial charge in [-0.1, -0.05) is 13.8 Å². The molecule has 0 atom stereocenters. The number of nitrogens with one attached hydrogen (secondary N) is 2. The highest BCUT2D eigenvalue weighted by molar-refractivity contribution is 5.90. The molecule has 0 aliphatic carbocycles. The van der Waals surface area contributed by atoms with Gasteiger partial charge in [-0.25, -0.2) is 0 Å². The van der Waals surface area contributed by atoms with Crippen LogP contribution in [-0.4, -0.2) is 45.6 Å². The lowest BCUT2D eigenvalue weighted by molar-refractivity contribution is -0.134. The van der Waals surface area contributed by atoms with Crippen LogP contribution in [0.1, 0.15) is 20.3 Å². The van der Waals surface area contributed by atoms with E-state index in [2.05, 4.69) is 24.5 Å². The Morgan fingerprint density at radius 2 is 1.77 bits per heavy atom. The Balaban J connectivity index is 2.36. The van der Waals surface area contributed by atoms with E-state index in [4.69, 9.17) is 14.2 Å². The van der Waals surface area contributed by atoms with Crippen molar-refractivity contribution in [2.75, 3.05) is 32.7 Å².